The smallest absolute Gasteiger partial charge is 0.407 e. The number of phenols is 1. The molecule has 1 atom stereocenters. The third-order valence-corrected chi connectivity index (χ3v) is 6.08. The average Bonchev–Trinajstić information content (AvgIpc) is 3.33. The van der Waals surface area contributed by atoms with Gasteiger partial charge in [-0.2, -0.15) is 5.10 Å². The first kappa shape index (κ1) is 20.1. The zero-order valence-electron chi connectivity index (χ0n) is 17.4. The molecule has 1 amide bonds. The summed E-state index contributed by atoms with van der Waals surface area (Å²) >= 11 is 0. The van der Waals surface area contributed by atoms with Crippen LogP contribution in [-0.4, -0.2) is 67.8 Å². The summed E-state index contributed by atoms with van der Waals surface area (Å²) in [5.41, 5.74) is 2.36. The van der Waals surface area contributed by atoms with Crippen molar-refractivity contribution in [2.45, 2.75) is 19.5 Å². The number of amides is 1. The monoisotopic (exact) mass is 434 g/mol. The molecule has 0 unspecified atom stereocenters. The molecule has 32 heavy (non-hydrogen) atoms. The molecule has 1 saturated heterocycles. The molecular weight excluding hydrogens is 412 g/mol. The predicted octanol–water partition coefficient (Wildman–Crippen LogP) is 3.07. The highest BCUT2D eigenvalue weighted by atomic mass is 16.5. The fourth-order valence-electron chi connectivity index (χ4n) is 4.28. The number of piperazine rings is 1. The summed E-state index contributed by atoms with van der Waals surface area (Å²) in [5, 5.41) is 27.9. The number of carboxylic acid groups (broad SMARTS) is 1. The van der Waals surface area contributed by atoms with E-state index in [0.29, 0.717) is 48.7 Å². The molecule has 5 rings (SSSR count). The number of ether oxygens (including phenoxy) is 1. The van der Waals surface area contributed by atoms with Gasteiger partial charge in [0.25, 0.3) is 0 Å². The van der Waals surface area contributed by atoms with Crippen molar-refractivity contribution in [2.75, 3.05) is 19.6 Å². The maximum Gasteiger partial charge on any atom is 0.407 e. The number of allylic oxidation sites excluding steroid dienone is 1. The number of para-hydroxylation sites is 1. The van der Waals surface area contributed by atoms with Gasteiger partial charge >= 0.3 is 6.09 Å². The highest BCUT2D eigenvalue weighted by Gasteiger charge is 2.34. The number of hydrogen-bond acceptors (Lipinski definition) is 6. The van der Waals surface area contributed by atoms with Crippen molar-refractivity contribution in [3.05, 3.63) is 59.0 Å². The molecule has 2 aliphatic heterocycles. The van der Waals surface area contributed by atoms with Gasteiger partial charge in [-0.25, -0.2) is 4.79 Å². The molecule has 164 valence electrons. The summed E-state index contributed by atoms with van der Waals surface area (Å²) in [6.45, 7) is 3.56. The van der Waals surface area contributed by atoms with Crippen LogP contribution in [0.25, 0.3) is 17.0 Å². The first-order valence-corrected chi connectivity index (χ1v) is 10.4. The highest BCUT2D eigenvalue weighted by molar-refractivity contribution is 6.15. The molecule has 0 radical (unpaired) electrons. The van der Waals surface area contributed by atoms with Crippen molar-refractivity contribution < 1.29 is 24.5 Å². The molecule has 2 aliphatic rings. The molecule has 0 bridgehead atoms. The second-order valence-corrected chi connectivity index (χ2v) is 8.08. The standard InChI is InChI=1S/C23H22N4O5/c1-13-11-27(23(30)31)9-8-26(13)12-16-19(28)7-6-15-21(29)20(32-22(15)16)10-18-14-4-2-3-5-17(14)24-25-18/h2-7,10,13,28H,8-9,11-12H2,1H3,(H,24,25)(H,30,31)/t13-/m0/s1. The molecule has 9 heteroatoms. The fraction of sp³-hybridized carbons (Fsp3) is 0.261. The van der Waals surface area contributed by atoms with Crippen LogP contribution >= 0.6 is 0 Å². The van der Waals surface area contributed by atoms with E-state index in [-0.39, 0.29) is 23.3 Å². The molecule has 1 fully saturated rings. The van der Waals surface area contributed by atoms with Crippen molar-refractivity contribution in [3.63, 3.8) is 0 Å². The van der Waals surface area contributed by atoms with Gasteiger partial charge in [-0.05, 0) is 25.1 Å². The van der Waals surface area contributed by atoms with Crippen LogP contribution in [0, 0.1) is 0 Å². The summed E-state index contributed by atoms with van der Waals surface area (Å²) in [4.78, 5) is 27.7. The minimum atomic E-state index is -0.936. The topological polar surface area (TPSA) is 119 Å². The van der Waals surface area contributed by atoms with E-state index in [1.807, 2.05) is 31.2 Å². The minimum Gasteiger partial charge on any atom is -0.507 e. The number of nitrogens with one attached hydrogen (secondary N) is 1. The second kappa shape index (κ2) is 7.69. The summed E-state index contributed by atoms with van der Waals surface area (Å²) < 4.78 is 5.96. The van der Waals surface area contributed by atoms with Crippen LogP contribution in [0.5, 0.6) is 11.5 Å². The number of Topliss-reactive ketones (excluding diaryl/α,β-unsaturated/α-hetero) is 1. The molecule has 3 aromatic rings. The van der Waals surface area contributed by atoms with Crippen molar-refractivity contribution in [2.24, 2.45) is 0 Å². The number of nitrogens with zero attached hydrogens (tertiary/aromatic N) is 3. The number of benzene rings is 2. The third-order valence-electron chi connectivity index (χ3n) is 6.08. The molecule has 0 spiro atoms. The number of carbonyl (C=O) groups is 2. The van der Waals surface area contributed by atoms with Crippen LogP contribution in [0.3, 0.4) is 0 Å². The number of hydrogen-bond donors (Lipinski definition) is 3. The second-order valence-electron chi connectivity index (χ2n) is 8.08. The van der Waals surface area contributed by atoms with Crippen LogP contribution in [-0.2, 0) is 6.54 Å². The maximum absolute atomic E-state index is 13.0. The molecule has 0 aliphatic carbocycles. The molecule has 0 saturated carbocycles. The van der Waals surface area contributed by atoms with Crippen LogP contribution in [0.1, 0.15) is 28.5 Å². The van der Waals surface area contributed by atoms with E-state index in [4.69, 9.17) is 4.74 Å². The zero-order chi connectivity index (χ0) is 22.4. The third kappa shape index (κ3) is 3.36. The average molecular weight is 434 g/mol. The molecule has 2 aromatic carbocycles. The van der Waals surface area contributed by atoms with Crippen molar-refractivity contribution in [1.82, 2.24) is 20.0 Å². The highest BCUT2D eigenvalue weighted by Crippen LogP contribution is 2.40. The number of H-pyrrole nitrogens is 1. The SMILES string of the molecule is C[C@H]1CN(C(=O)O)CCN1Cc1c(O)ccc2c1OC(=Cc1n[nH]c3ccccc13)C2=O. The number of rotatable bonds is 3. The Morgan fingerprint density at radius 1 is 1.28 bits per heavy atom. The quantitative estimate of drug-likeness (QED) is 0.542. The van der Waals surface area contributed by atoms with E-state index in [2.05, 4.69) is 15.1 Å². The van der Waals surface area contributed by atoms with Gasteiger partial charge in [-0.1, -0.05) is 18.2 Å². The number of aromatic nitrogens is 2. The number of aromatic hydroxyl groups is 1. The summed E-state index contributed by atoms with van der Waals surface area (Å²) in [7, 11) is 0. The Morgan fingerprint density at radius 2 is 2.09 bits per heavy atom. The fourth-order valence-corrected chi connectivity index (χ4v) is 4.28. The summed E-state index contributed by atoms with van der Waals surface area (Å²) in [6.07, 6.45) is 0.672. The lowest BCUT2D eigenvalue weighted by atomic mass is 10.0. The van der Waals surface area contributed by atoms with Crippen molar-refractivity contribution >= 4 is 28.9 Å². The zero-order valence-corrected chi connectivity index (χ0v) is 17.4. The maximum atomic E-state index is 13.0. The lowest BCUT2D eigenvalue weighted by Gasteiger charge is -2.38. The van der Waals surface area contributed by atoms with Crippen molar-refractivity contribution in [1.29, 1.82) is 0 Å². The lowest BCUT2D eigenvalue weighted by Crippen LogP contribution is -2.52. The number of phenolic OH excluding ortho intramolecular Hbond substituents is 1. The van der Waals surface area contributed by atoms with E-state index in [1.54, 1.807) is 12.1 Å². The van der Waals surface area contributed by atoms with E-state index >= 15 is 0 Å². The number of aromatic amines is 1. The van der Waals surface area contributed by atoms with Gasteiger partial charge in [-0.15, -0.1) is 0 Å². The van der Waals surface area contributed by atoms with Gasteiger partial charge in [0.2, 0.25) is 5.78 Å². The Bertz CT molecular complexity index is 1260. The minimum absolute atomic E-state index is 0.0379. The Balaban J connectivity index is 1.44. The van der Waals surface area contributed by atoms with Gasteiger partial charge in [0.05, 0.1) is 22.3 Å². The van der Waals surface area contributed by atoms with Crippen LogP contribution in [0.2, 0.25) is 0 Å². The lowest BCUT2D eigenvalue weighted by molar-refractivity contribution is 0.0704. The first-order valence-electron chi connectivity index (χ1n) is 10.4. The van der Waals surface area contributed by atoms with E-state index in [0.717, 1.165) is 10.9 Å². The Morgan fingerprint density at radius 3 is 2.88 bits per heavy atom. The van der Waals surface area contributed by atoms with Gasteiger partial charge in [0.1, 0.15) is 11.5 Å². The first-order chi connectivity index (χ1) is 15.4. The van der Waals surface area contributed by atoms with Crippen LogP contribution < -0.4 is 4.74 Å². The Hall–Kier alpha value is -3.85. The van der Waals surface area contributed by atoms with Gasteiger partial charge in [-0.3, -0.25) is 14.8 Å². The van der Waals surface area contributed by atoms with Crippen molar-refractivity contribution in [3.8, 4) is 11.5 Å². The Labute approximate surface area is 183 Å². The normalized spacial score (nSPS) is 20.0. The number of ketones is 1. The largest absolute Gasteiger partial charge is 0.507 e. The molecule has 3 N–H and O–H groups in total. The van der Waals surface area contributed by atoms with Gasteiger partial charge < -0.3 is 19.8 Å². The van der Waals surface area contributed by atoms with E-state index in [1.165, 1.54) is 11.0 Å². The van der Waals surface area contributed by atoms with Crippen LogP contribution in [0.15, 0.2) is 42.2 Å². The Kier molecular flexibility index (Phi) is 4.82. The molecule has 1 aromatic heterocycles. The molecule has 9 nitrogen and oxygen atoms in total. The van der Waals surface area contributed by atoms with E-state index in [9.17, 15) is 19.8 Å². The summed E-state index contributed by atoms with van der Waals surface area (Å²) in [5.74, 6) is 0.259. The summed E-state index contributed by atoms with van der Waals surface area (Å²) in [6, 6.07) is 10.6. The molecule has 3 heterocycles. The molecular formula is C23H22N4O5. The van der Waals surface area contributed by atoms with Gasteiger partial charge in [0.15, 0.2) is 5.76 Å². The number of fused-ring (bicyclic) bond motifs is 2. The van der Waals surface area contributed by atoms with E-state index < -0.39 is 6.09 Å². The number of carbonyl (C=O) groups excluding carboxylic acids is 1. The predicted molar refractivity (Wildman–Crippen MR) is 117 cm³/mol. The van der Waals surface area contributed by atoms with Gasteiger partial charge in [0, 0.05) is 43.7 Å². The van der Waals surface area contributed by atoms with Crippen LogP contribution in [0.4, 0.5) is 4.79 Å².